The van der Waals surface area contributed by atoms with Crippen molar-refractivity contribution in [1.29, 1.82) is 0 Å². The predicted molar refractivity (Wildman–Crippen MR) is 165 cm³/mol. The van der Waals surface area contributed by atoms with E-state index in [1.807, 2.05) is 0 Å². The Morgan fingerprint density at radius 1 is 0.622 bits per heavy atom. The average molecular weight is 516 g/mol. The number of nitrogens with zero attached hydrogens (tertiary/aromatic N) is 1. The van der Waals surface area contributed by atoms with Gasteiger partial charge in [-0.05, 0) is 97.8 Å². The van der Waals surface area contributed by atoms with Crippen LogP contribution in [0.15, 0.2) is 78.9 Å². The molecule has 3 heteroatoms. The van der Waals surface area contributed by atoms with Crippen LogP contribution in [0.5, 0.6) is 0 Å². The molecule has 0 aliphatic heterocycles. The highest BCUT2D eigenvalue weighted by Crippen LogP contribution is 2.37. The van der Waals surface area contributed by atoms with Crippen LogP contribution in [0.25, 0.3) is 0 Å². The highest BCUT2D eigenvalue weighted by Gasteiger charge is 2.36. The first-order valence-electron chi connectivity index (χ1n) is 14.4. The summed E-state index contributed by atoms with van der Waals surface area (Å²) in [6.07, 6.45) is 9.70. The molecule has 3 aromatic carbocycles. The molecular weight excluding hydrogens is 466 g/mol. The number of rotatable bonds is 14. The van der Waals surface area contributed by atoms with Crippen molar-refractivity contribution in [3.63, 3.8) is 0 Å². The largest absolute Gasteiger partial charge is 0.417 e. The van der Waals surface area contributed by atoms with Crippen LogP contribution in [0.2, 0.25) is 18.1 Å². The fraction of sp³-hybridized carbons (Fsp3) is 0.471. The minimum Gasteiger partial charge on any atom is -0.417 e. The fourth-order valence-corrected chi connectivity index (χ4v) is 5.44. The van der Waals surface area contributed by atoms with Crippen LogP contribution in [0, 0.1) is 0 Å². The van der Waals surface area contributed by atoms with Crippen LogP contribution in [-0.2, 0) is 17.3 Å². The van der Waals surface area contributed by atoms with Crippen molar-refractivity contribution < 1.29 is 4.43 Å². The molecule has 3 aromatic rings. The average Bonchev–Trinajstić information content (AvgIpc) is 2.88. The molecule has 0 aromatic heterocycles. The van der Waals surface area contributed by atoms with Crippen molar-refractivity contribution in [2.24, 2.45) is 0 Å². The van der Waals surface area contributed by atoms with Crippen molar-refractivity contribution in [2.75, 3.05) is 11.5 Å². The third-order valence-electron chi connectivity index (χ3n) is 7.85. The van der Waals surface area contributed by atoms with Gasteiger partial charge in [-0.15, -0.1) is 0 Å². The molecule has 0 N–H and O–H groups in total. The van der Waals surface area contributed by atoms with Crippen LogP contribution in [0.3, 0.4) is 0 Å². The third kappa shape index (κ3) is 8.86. The lowest BCUT2D eigenvalue weighted by atomic mass is 10.0. The van der Waals surface area contributed by atoms with Gasteiger partial charge in [-0.3, -0.25) is 0 Å². The number of unbranched alkanes of at least 4 members (excludes halogenated alkanes) is 4. The van der Waals surface area contributed by atoms with E-state index >= 15 is 0 Å². The lowest BCUT2D eigenvalue weighted by Crippen LogP contribution is -2.40. The molecule has 0 spiro atoms. The van der Waals surface area contributed by atoms with Crippen molar-refractivity contribution in [1.82, 2.24) is 0 Å². The molecule has 0 saturated heterocycles. The van der Waals surface area contributed by atoms with E-state index in [0.717, 1.165) is 19.4 Å². The minimum atomic E-state index is -1.60. The van der Waals surface area contributed by atoms with Gasteiger partial charge in [0.2, 0.25) is 0 Å². The Hall–Kier alpha value is -2.36. The van der Waals surface area contributed by atoms with E-state index in [4.69, 9.17) is 4.43 Å². The van der Waals surface area contributed by atoms with Crippen LogP contribution in [0.4, 0.5) is 17.1 Å². The second-order valence-electron chi connectivity index (χ2n) is 11.9. The number of hydrogen-bond donors (Lipinski definition) is 0. The maximum atomic E-state index is 6.33. The summed E-state index contributed by atoms with van der Waals surface area (Å²) < 4.78 is 6.33. The minimum absolute atomic E-state index is 0.299. The second kappa shape index (κ2) is 14.0. The Balaban J connectivity index is 1.55. The van der Waals surface area contributed by atoms with E-state index in [0.29, 0.717) is 5.04 Å². The molecule has 0 fully saturated rings. The maximum Gasteiger partial charge on any atom is 0.191 e. The zero-order valence-electron chi connectivity index (χ0n) is 24.2. The maximum absolute atomic E-state index is 6.33. The summed E-state index contributed by atoms with van der Waals surface area (Å²) in [4.78, 5) is 2.36. The van der Waals surface area contributed by atoms with Crippen LogP contribution in [0.1, 0.15) is 77.3 Å². The van der Waals surface area contributed by atoms with Gasteiger partial charge in [0, 0.05) is 23.7 Å². The van der Waals surface area contributed by atoms with Gasteiger partial charge in [-0.1, -0.05) is 89.4 Å². The summed E-state index contributed by atoms with van der Waals surface area (Å²) in [5.41, 5.74) is 6.44. The van der Waals surface area contributed by atoms with E-state index in [2.05, 4.69) is 125 Å². The Labute approximate surface area is 228 Å². The third-order valence-corrected chi connectivity index (χ3v) is 12.4. The molecular formula is C34H49NOSi. The normalized spacial score (nSPS) is 12.1. The number of aryl methyl sites for hydroxylation is 2. The van der Waals surface area contributed by atoms with Gasteiger partial charge in [0.25, 0.3) is 0 Å². The van der Waals surface area contributed by atoms with Crippen LogP contribution in [-0.4, -0.2) is 14.9 Å². The Morgan fingerprint density at radius 3 is 1.62 bits per heavy atom. The quantitative estimate of drug-likeness (QED) is 0.156. The fourth-order valence-electron chi connectivity index (χ4n) is 4.36. The first-order chi connectivity index (χ1) is 17.7. The SMILES string of the molecule is CCCCc1ccc(N(c2ccccc2)c2ccc(CCCCCCO[Si](C)(C)C(C)(C)C)cc2)cc1. The van der Waals surface area contributed by atoms with E-state index in [9.17, 15) is 0 Å². The summed E-state index contributed by atoms with van der Waals surface area (Å²) in [7, 11) is -1.60. The smallest absolute Gasteiger partial charge is 0.191 e. The Morgan fingerprint density at radius 2 is 1.11 bits per heavy atom. The van der Waals surface area contributed by atoms with Crippen molar-refractivity contribution >= 4 is 25.4 Å². The van der Waals surface area contributed by atoms with Crippen molar-refractivity contribution in [3.05, 3.63) is 90.0 Å². The summed E-state index contributed by atoms with van der Waals surface area (Å²) in [6.45, 7) is 14.8. The summed E-state index contributed by atoms with van der Waals surface area (Å²) in [6, 6.07) is 29.0. The molecule has 200 valence electrons. The van der Waals surface area contributed by atoms with E-state index in [1.54, 1.807) is 0 Å². The van der Waals surface area contributed by atoms with Gasteiger partial charge in [0.05, 0.1) is 0 Å². The Kier molecular flexibility index (Phi) is 11.0. The summed E-state index contributed by atoms with van der Waals surface area (Å²) in [5.74, 6) is 0. The summed E-state index contributed by atoms with van der Waals surface area (Å²) >= 11 is 0. The molecule has 0 bridgehead atoms. The molecule has 0 radical (unpaired) electrons. The number of anilines is 3. The first-order valence-corrected chi connectivity index (χ1v) is 17.3. The molecule has 0 amide bonds. The van der Waals surface area contributed by atoms with Crippen LogP contribution >= 0.6 is 0 Å². The van der Waals surface area contributed by atoms with Gasteiger partial charge in [-0.25, -0.2) is 0 Å². The standard InChI is InChI=1S/C34H49NOSi/c1-7-8-16-29-20-24-32(25-21-29)35(31-18-13-11-14-19-31)33-26-22-30(23-27-33)17-12-9-10-15-28-36-37(5,6)34(2,3)4/h11,13-14,18-27H,7-10,12,15-17,28H2,1-6H3. The number of benzene rings is 3. The van der Waals surface area contributed by atoms with E-state index < -0.39 is 8.32 Å². The van der Waals surface area contributed by atoms with Crippen molar-refractivity contribution in [3.8, 4) is 0 Å². The second-order valence-corrected chi connectivity index (χ2v) is 16.7. The number of para-hydroxylation sites is 1. The van der Waals surface area contributed by atoms with Crippen LogP contribution < -0.4 is 4.90 Å². The molecule has 37 heavy (non-hydrogen) atoms. The van der Waals surface area contributed by atoms with Crippen molar-refractivity contribution in [2.45, 2.75) is 97.2 Å². The van der Waals surface area contributed by atoms with Gasteiger partial charge in [0.15, 0.2) is 8.32 Å². The lowest BCUT2D eigenvalue weighted by molar-refractivity contribution is 0.277. The molecule has 0 heterocycles. The van der Waals surface area contributed by atoms with Gasteiger partial charge < -0.3 is 9.33 Å². The van der Waals surface area contributed by atoms with Gasteiger partial charge in [0.1, 0.15) is 0 Å². The topological polar surface area (TPSA) is 12.5 Å². The molecule has 2 nitrogen and oxygen atoms in total. The van der Waals surface area contributed by atoms with Gasteiger partial charge >= 0.3 is 0 Å². The highest BCUT2D eigenvalue weighted by molar-refractivity contribution is 6.74. The molecule has 0 atom stereocenters. The lowest BCUT2D eigenvalue weighted by Gasteiger charge is -2.36. The molecule has 0 aliphatic rings. The van der Waals surface area contributed by atoms with Gasteiger partial charge in [-0.2, -0.15) is 0 Å². The zero-order chi connectivity index (χ0) is 26.7. The monoisotopic (exact) mass is 515 g/mol. The Bertz CT molecular complexity index is 1040. The molecule has 0 unspecified atom stereocenters. The summed E-state index contributed by atoms with van der Waals surface area (Å²) in [5, 5.41) is 0.299. The first kappa shape index (κ1) is 29.2. The van der Waals surface area contributed by atoms with E-state index in [-0.39, 0.29) is 0 Å². The molecule has 0 aliphatic carbocycles. The molecule has 3 rings (SSSR count). The zero-order valence-corrected chi connectivity index (χ0v) is 25.2. The number of hydrogen-bond acceptors (Lipinski definition) is 2. The predicted octanol–water partition coefficient (Wildman–Crippen LogP) is 10.6. The highest BCUT2D eigenvalue weighted by atomic mass is 28.4. The van der Waals surface area contributed by atoms with E-state index in [1.165, 1.54) is 66.7 Å². The molecule has 0 saturated carbocycles.